The summed E-state index contributed by atoms with van der Waals surface area (Å²) < 4.78 is 7.23. The molecule has 0 saturated carbocycles. The molecule has 4 heterocycles. The van der Waals surface area contributed by atoms with Crippen molar-refractivity contribution in [3.63, 3.8) is 0 Å². The van der Waals surface area contributed by atoms with Gasteiger partial charge in [0.05, 0.1) is 16.6 Å². The molecular formula is C20H23BrClN7O3S. The molecule has 0 aliphatic carbocycles. The van der Waals surface area contributed by atoms with Crippen molar-refractivity contribution in [1.82, 2.24) is 30.0 Å². The summed E-state index contributed by atoms with van der Waals surface area (Å²) >= 11 is 10.8. The molecule has 0 atom stereocenters. The number of nitrogens with one attached hydrogen (secondary N) is 2. The average molecular weight is 557 g/mol. The van der Waals surface area contributed by atoms with E-state index in [9.17, 15) is 9.59 Å². The van der Waals surface area contributed by atoms with E-state index in [-0.39, 0.29) is 11.9 Å². The van der Waals surface area contributed by atoms with E-state index in [0.29, 0.717) is 51.2 Å². The Balaban J connectivity index is 1.47. The Hall–Kier alpha value is -2.44. The van der Waals surface area contributed by atoms with E-state index in [2.05, 4.69) is 41.2 Å². The number of hydrogen-bond donors (Lipinski definition) is 2. The molecule has 176 valence electrons. The number of thiazole rings is 1. The van der Waals surface area contributed by atoms with E-state index in [0.717, 1.165) is 23.7 Å². The fraction of sp³-hybridized carbons (Fsp3) is 0.450. The molecule has 1 aliphatic rings. The topological polar surface area (TPSA) is 118 Å². The van der Waals surface area contributed by atoms with E-state index in [1.807, 2.05) is 13.8 Å². The molecule has 1 amide bonds. The summed E-state index contributed by atoms with van der Waals surface area (Å²) in [6.07, 6.45) is 2.93. The maximum Gasteiger partial charge on any atom is 0.350 e. The second-order valence-corrected chi connectivity index (χ2v) is 9.70. The number of H-pyrrole nitrogens is 1. The third-order valence-electron chi connectivity index (χ3n) is 5.50. The molecule has 33 heavy (non-hydrogen) atoms. The third-order valence-corrected chi connectivity index (χ3v) is 8.09. The standard InChI is InChI=1S/C20H23BrClN7O3S/c1-4-29-17(23-9-24-29)15-16(19(31)32-3)33-20(27-15)28-7-5-11(6-8-28)26-18(30)14-12(21)13(22)10(2)25-14/h9,11,25H,4-8H2,1-3H3,(H,26,30). The Bertz CT molecular complexity index is 1180. The molecule has 0 radical (unpaired) electrons. The predicted molar refractivity (Wildman–Crippen MR) is 129 cm³/mol. The van der Waals surface area contributed by atoms with Gasteiger partial charge in [0, 0.05) is 31.4 Å². The molecule has 1 aliphatic heterocycles. The van der Waals surface area contributed by atoms with Gasteiger partial charge in [-0.15, -0.1) is 0 Å². The SMILES string of the molecule is CCn1ncnc1-c1nc(N2CCC(NC(=O)c3[nH]c(C)c(Cl)c3Br)CC2)sc1C(=O)OC. The molecule has 0 aromatic carbocycles. The number of nitrogens with zero attached hydrogens (tertiary/aromatic N) is 5. The molecule has 0 unspecified atom stereocenters. The van der Waals surface area contributed by atoms with Crippen LogP contribution in [0.5, 0.6) is 0 Å². The first kappa shape index (κ1) is 23.7. The minimum absolute atomic E-state index is 0.0192. The maximum atomic E-state index is 12.7. The van der Waals surface area contributed by atoms with Crippen molar-refractivity contribution in [2.45, 2.75) is 39.3 Å². The molecule has 3 aromatic rings. The van der Waals surface area contributed by atoms with Crippen LogP contribution in [0.2, 0.25) is 5.02 Å². The van der Waals surface area contributed by atoms with E-state index in [1.54, 1.807) is 4.68 Å². The summed E-state index contributed by atoms with van der Waals surface area (Å²) in [4.78, 5) is 39.6. The zero-order valence-corrected chi connectivity index (χ0v) is 21.5. The van der Waals surface area contributed by atoms with Gasteiger partial charge in [-0.05, 0) is 42.6 Å². The number of halogens is 2. The Kier molecular flexibility index (Phi) is 7.05. The second-order valence-electron chi connectivity index (χ2n) is 7.55. The van der Waals surface area contributed by atoms with Crippen LogP contribution in [0.3, 0.4) is 0 Å². The molecule has 0 bridgehead atoms. The van der Waals surface area contributed by atoms with Gasteiger partial charge in [-0.3, -0.25) is 4.79 Å². The lowest BCUT2D eigenvalue weighted by molar-refractivity contribution is 0.0606. The Labute approximate surface area is 207 Å². The minimum atomic E-state index is -0.452. The number of rotatable bonds is 6. The van der Waals surface area contributed by atoms with Gasteiger partial charge >= 0.3 is 5.97 Å². The van der Waals surface area contributed by atoms with Gasteiger partial charge < -0.3 is 19.9 Å². The number of piperidine rings is 1. The highest BCUT2D eigenvalue weighted by atomic mass is 79.9. The Morgan fingerprint density at radius 1 is 1.39 bits per heavy atom. The highest BCUT2D eigenvalue weighted by Gasteiger charge is 2.29. The van der Waals surface area contributed by atoms with Crippen LogP contribution in [-0.4, -0.2) is 62.9 Å². The summed E-state index contributed by atoms with van der Waals surface area (Å²) in [5, 5.41) is 8.48. The van der Waals surface area contributed by atoms with Crippen LogP contribution in [0.1, 0.15) is 45.6 Å². The van der Waals surface area contributed by atoms with Crippen molar-refractivity contribution < 1.29 is 14.3 Å². The number of anilines is 1. The number of aromatic nitrogens is 5. The average Bonchev–Trinajstić information content (AvgIpc) is 3.53. The molecule has 1 saturated heterocycles. The van der Waals surface area contributed by atoms with Gasteiger partial charge in [0.2, 0.25) is 0 Å². The number of ether oxygens (including phenoxy) is 1. The molecule has 1 fully saturated rings. The summed E-state index contributed by atoms with van der Waals surface area (Å²) in [5.74, 6) is -0.112. The van der Waals surface area contributed by atoms with Crippen molar-refractivity contribution in [3.05, 3.63) is 32.1 Å². The number of amides is 1. The highest BCUT2D eigenvalue weighted by Crippen LogP contribution is 2.34. The van der Waals surface area contributed by atoms with E-state index < -0.39 is 5.97 Å². The first-order chi connectivity index (χ1) is 15.8. The Morgan fingerprint density at radius 2 is 2.12 bits per heavy atom. The second kappa shape index (κ2) is 9.82. The Morgan fingerprint density at radius 3 is 2.73 bits per heavy atom. The van der Waals surface area contributed by atoms with Gasteiger partial charge in [0.1, 0.15) is 22.6 Å². The first-order valence-electron chi connectivity index (χ1n) is 10.4. The molecule has 4 rings (SSSR count). The lowest BCUT2D eigenvalue weighted by Crippen LogP contribution is -2.44. The number of aryl methyl sites for hydroxylation is 2. The molecule has 0 spiro atoms. The smallest absolute Gasteiger partial charge is 0.350 e. The first-order valence-corrected chi connectivity index (χ1v) is 12.4. The van der Waals surface area contributed by atoms with Crippen LogP contribution >= 0.6 is 38.9 Å². The molecular weight excluding hydrogens is 534 g/mol. The minimum Gasteiger partial charge on any atom is -0.465 e. The van der Waals surface area contributed by atoms with Crippen LogP contribution < -0.4 is 10.2 Å². The number of carbonyl (C=O) groups excluding carboxylic acids is 2. The van der Waals surface area contributed by atoms with Crippen LogP contribution in [0.25, 0.3) is 11.5 Å². The number of carbonyl (C=O) groups is 2. The molecule has 2 N–H and O–H groups in total. The summed E-state index contributed by atoms with van der Waals surface area (Å²) in [5.41, 5.74) is 1.64. The molecule has 3 aromatic heterocycles. The maximum absolute atomic E-state index is 12.7. The van der Waals surface area contributed by atoms with Crippen LogP contribution in [0.4, 0.5) is 5.13 Å². The van der Waals surface area contributed by atoms with E-state index in [4.69, 9.17) is 21.3 Å². The number of esters is 1. The number of methoxy groups -OCH3 is 1. The number of hydrogen-bond acceptors (Lipinski definition) is 8. The van der Waals surface area contributed by atoms with Gasteiger partial charge in [-0.25, -0.2) is 19.4 Å². The van der Waals surface area contributed by atoms with Crippen LogP contribution in [0.15, 0.2) is 10.8 Å². The highest BCUT2D eigenvalue weighted by molar-refractivity contribution is 9.10. The van der Waals surface area contributed by atoms with Gasteiger partial charge in [0.25, 0.3) is 5.91 Å². The van der Waals surface area contributed by atoms with Crippen molar-refractivity contribution in [2.24, 2.45) is 0 Å². The third kappa shape index (κ3) is 4.64. The quantitative estimate of drug-likeness (QED) is 0.445. The zero-order chi connectivity index (χ0) is 23.7. The lowest BCUT2D eigenvalue weighted by atomic mass is 10.1. The van der Waals surface area contributed by atoms with Crippen molar-refractivity contribution in [3.8, 4) is 11.5 Å². The number of aromatic amines is 1. The summed E-state index contributed by atoms with van der Waals surface area (Å²) in [6.45, 7) is 5.74. The lowest BCUT2D eigenvalue weighted by Gasteiger charge is -2.32. The fourth-order valence-corrected chi connectivity index (χ4v) is 5.46. The van der Waals surface area contributed by atoms with Gasteiger partial charge in [-0.2, -0.15) is 5.10 Å². The molecule has 10 nitrogen and oxygen atoms in total. The zero-order valence-electron chi connectivity index (χ0n) is 18.3. The van der Waals surface area contributed by atoms with Crippen LogP contribution in [-0.2, 0) is 11.3 Å². The largest absolute Gasteiger partial charge is 0.465 e. The van der Waals surface area contributed by atoms with Gasteiger partial charge in [-0.1, -0.05) is 22.9 Å². The van der Waals surface area contributed by atoms with Crippen molar-refractivity contribution in [1.29, 1.82) is 0 Å². The van der Waals surface area contributed by atoms with E-state index in [1.165, 1.54) is 24.8 Å². The summed E-state index contributed by atoms with van der Waals surface area (Å²) in [7, 11) is 1.35. The van der Waals surface area contributed by atoms with Crippen LogP contribution in [0, 0.1) is 6.92 Å². The fourth-order valence-electron chi connectivity index (χ4n) is 3.71. The van der Waals surface area contributed by atoms with E-state index >= 15 is 0 Å². The summed E-state index contributed by atoms with van der Waals surface area (Å²) in [6, 6.07) is 0.0192. The molecule has 13 heteroatoms. The monoisotopic (exact) mass is 555 g/mol. The van der Waals surface area contributed by atoms with Crippen molar-refractivity contribution >= 4 is 55.9 Å². The normalized spacial score (nSPS) is 14.5. The predicted octanol–water partition coefficient (Wildman–Crippen LogP) is 3.66. The van der Waals surface area contributed by atoms with Crippen molar-refractivity contribution in [2.75, 3.05) is 25.1 Å². The van der Waals surface area contributed by atoms with Gasteiger partial charge in [0.15, 0.2) is 11.0 Å².